The summed E-state index contributed by atoms with van der Waals surface area (Å²) in [6.07, 6.45) is 4.88. The Morgan fingerprint density at radius 1 is 1.42 bits per heavy atom. The lowest BCUT2D eigenvalue weighted by Crippen LogP contribution is -2.50. The average molecular weight is 333 g/mol. The Balaban J connectivity index is 2.01. The van der Waals surface area contributed by atoms with Gasteiger partial charge in [-0.15, -0.1) is 0 Å². The van der Waals surface area contributed by atoms with E-state index in [9.17, 15) is 4.79 Å². The second-order valence-electron chi connectivity index (χ2n) is 7.69. The van der Waals surface area contributed by atoms with Gasteiger partial charge in [-0.25, -0.2) is 4.79 Å². The summed E-state index contributed by atoms with van der Waals surface area (Å²) in [7, 11) is 2.10. The van der Waals surface area contributed by atoms with Gasteiger partial charge in [0.25, 0.3) is 0 Å². The zero-order valence-corrected chi connectivity index (χ0v) is 15.7. The third-order valence-corrected chi connectivity index (χ3v) is 4.53. The summed E-state index contributed by atoms with van der Waals surface area (Å²) in [6.45, 7) is 9.52. The number of amides is 1. The molecular weight excluding hydrogens is 302 g/mol. The minimum Gasteiger partial charge on any atom is -0.444 e. The minimum atomic E-state index is -0.452. The molecule has 1 aromatic rings. The number of likely N-dealkylation sites (N-methyl/N-ethyl adjacent to an activating group) is 1. The van der Waals surface area contributed by atoms with Crippen LogP contribution >= 0.6 is 0 Å². The van der Waals surface area contributed by atoms with Crippen LogP contribution in [0.15, 0.2) is 24.4 Å². The summed E-state index contributed by atoms with van der Waals surface area (Å²) in [5, 5.41) is 0. The van der Waals surface area contributed by atoms with Crippen molar-refractivity contribution in [3.63, 3.8) is 0 Å². The molecule has 0 aromatic carbocycles. The van der Waals surface area contributed by atoms with Gasteiger partial charge in [-0.3, -0.25) is 9.88 Å². The third kappa shape index (κ3) is 5.20. The fourth-order valence-electron chi connectivity index (χ4n) is 3.09. The van der Waals surface area contributed by atoms with Crippen LogP contribution in [0.3, 0.4) is 0 Å². The van der Waals surface area contributed by atoms with E-state index in [0.29, 0.717) is 0 Å². The van der Waals surface area contributed by atoms with Crippen LogP contribution in [-0.2, 0) is 4.74 Å². The summed E-state index contributed by atoms with van der Waals surface area (Å²) in [6, 6.07) is 6.41. The van der Waals surface area contributed by atoms with E-state index < -0.39 is 5.60 Å². The number of rotatable bonds is 4. The Kier molecular flexibility index (Phi) is 6.21. The van der Waals surface area contributed by atoms with E-state index in [0.717, 1.165) is 38.0 Å². The molecule has 24 heavy (non-hydrogen) atoms. The number of likely N-dealkylation sites (tertiary alicyclic amines) is 1. The molecule has 1 fully saturated rings. The molecule has 2 heterocycles. The quantitative estimate of drug-likeness (QED) is 0.839. The van der Waals surface area contributed by atoms with Crippen molar-refractivity contribution in [3.05, 3.63) is 30.1 Å². The highest BCUT2D eigenvalue weighted by molar-refractivity contribution is 5.68. The van der Waals surface area contributed by atoms with Crippen molar-refractivity contribution in [1.29, 1.82) is 0 Å². The van der Waals surface area contributed by atoms with Crippen molar-refractivity contribution >= 4 is 6.09 Å². The number of nitrogens with zero attached hydrogens (tertiary/aromatic N) is 3. The van der Waals surface area contributed by atoms with Crippen molar-refractivity contribution in [2.24, 2.45) is 0 Å². The van der Waals surface area contributed by atoms with Gasteiger partial charge in [-0.2, -0.15) is 0 Å². The van der Waals surface area contributed by atoms with Gasteiger partial charge in [0.2, 0.25) is 0 Å². The molecule has 0 bridgehead atoms. The number of ether oxygens (including phenoxy) is 1. The van der Waals surface area contributed by atoms with E-state index in [4.69, 9.17) is 4.74 Å². The van der Waals surface area contributed by atoms with Gasteiger partial charge in [0.05, 0.1) is 5.69 Å². The first-order chi connectivity index (χ1) is 11.3. The fourth-order valence-corrected chi connectivity index (χ4v) is 3.09. The molecule has 0 radical (unpaired) electrons. The Labute approximate surface area is 146 Å². The van der Waals surface area contributed by atoms with Crippen molar-refractivity contribution in [2.45, 2.75) is 64.6 Å². The first-order valence-corrected chi connectivity index (χ1v) is 8.89. The molecule has 0 N–H and O–H groups in total. The topological polar surface area (TPSA) is 45.7 Å². The van der Waals surface area contributed by atoms with E-state index in [1.807, 2.05) is 50.1 Å². The standard InChI is InChI=1S/C19H31N3O2/c1-15(17-11-6-8-12-20-17)21(5)14-16-10-7-9-13-22(16)18(23)24-19(2,3)4/h6,8,11-12,15-16H,7,9-10,13-14H2,1-5H3/t15-,16+/m0/s1. The largest absolute Gasteiger partial charge is 0.444 e. The Morgan fingerprint density at radius 3 is 2.79 bits per heavy atom. The van der Waals surface area contributed by atoms with Crippen LogP contribution in [0.4, 0.5) is 4.79 Å². The van der Waals surface area contributed by atoms with Crippen molar-refractivity contribution in [1.82, 2.24) is 14.8 Å². The molecular formula is C19H31N3O2. The van der Waals surface area contributed by atoms with Crippen LogP contribution in [0, 0.1) is 0 Å². The molecule has 1 aromatic heterocycles. The van der Waals surface area contributed by atoms with Gasteiger partial charge in [-0.05, 0) is 66.1 Å². The molecule has 0 spiro atoms. The molecule has 2 atom stereocenters. The van der Waals surface area contributed by atoms with Gasteiger partial charge < -0.3 is 9.64 Å². The zero-order valence-electron chi connectivity index (χ0n) is 15.7. The number of carbonyl (C=O) groups excluding carboxylic acids is 1. The SMILES string of the molecule is C[C@@H](c1ccccn1)N(C)C[C@H]1CCCCN1C(=O)OC(C)(C)C. The van der Waals surface area contributed by atoms with E-state index in [2.05, 4.69) is 23.9 Å². The molecule has 0 unspecified atom stereocenters. The van der Waals surface area contributed by atoms with Crippen LogP contribution in [-0.4, -0.2) is 52.7 Å². The summed E-state index contributed by atoms with van der Waals surface area (Å²) in [5.74, 6) is 0. The Morgan fingerprint density at radius 2 is 2.17 bits per heavy atom. The van der Waals surface area contributed by atoms with E-state index >= 15 is 0 Å². The summed E-state index contributed by atoms with van der Waals surface area (Å²) in [5.41, 5.74) is 0.603. The van der Waals surface area contributed by atoms with Gasteiger partial charge in [-0.1, -0.05) is 6.07 Å². The lowest BCUT2D eigenvalue weighted by Gasteiger charge is -2.39. The molecule has 1 aliphatic rings. The van der Waals surface area contributed by atoms with Crippen LogP contribution < -0.4 is 0 Å². The van der Waals surface area contributed by atoms with Crippen LogP contribution in [0.25, 0.3) is 0 Å². The highest BCUT2D eigenvalue weighted by atomic mass is 16.6. The molecule has 5 heteroatoms. The normalized spacial score (nSPS) is 20.1. The maximum absolute atomic E-state index is 12.5. The Hall–Kier alpha value is -1.62. The predicted molar refractivity (Wildman–Crippen MR) is 95.9 cm³/mol. The first kappa shape index (κ1) is 18.7. The lowest BCUT2D eigenvalue weighted by atomic mass is 10.0. The highest BCUT2D eigenvalue weighted by Gasteiger charge is 2.31. The number of aromatic nitrogens is 1. The Bertz CT molecular complexity index is 527. The lowest BCUT2D eigenvalue weighted by molar-refractivity contribution is 0.00458. The molecule has 1 aliphatic heterocycles. The third-order valence-electron chi connectivity index (χ3n) is 4.53. The first-order valence-electron chi connectivity index (χ1n) is 8.89. The summed E-state index contributed by atoms with van der Waals surface area (Å²) in [4.78, 5) is 21.2. The minimum absolute atomic E-state index is 0.189. The van der Waals surface area contributed by atoms with Crippen molar-refractivity contribution in [3.8, 4) is 0 Å². The van der Waals surface area contributed by atoms with E-state index in [-0.39, 0.29) is 18.2 Å². The summed E-state index contributed by atoms with van der Waals surface area (Å²) < 4.78 is 5.59. The molecule has 0 aliphatic carbocycles. The number of carbonyl (C=O) groups is 1. The number of piperidine rings is 1. The highest BCUT2D eigenvalue weighted by Crippen LogP contribution is 2.24. The van der Waals surface area contributed by atoms with Crippen molar-refractivity contribution < 1.29 is 9.53 Å². The molecule has 2 rings (SSSR count). The molecule has 1 saturated heterocycles. The monoisotopic (exact) mass is 333 g/mol. The average Bonchev–Trinajstić information content (AvgIpc) is 2.53. The maximum atomic E-state index is 12.5. The number of pyridine rings is 1. The second-order valence-corrected chi connectivity index (χ2v) is 7.69. The number of hydrogen-bond donors (Lipinski definition) is 0. The van der Waals surface area contributed by atoms with Gasteiger partial charge in [0, 0.05) is 31.4 Å². The second kappa shape index (κ2) is 7.97. The molecule has 0 saturated carbocycles. The fraction of sp³-hybridized carbons (Fsp3) is 0.684. The predicted octanol–water partition coefficient (Wildman–Crippen LogP) is 3.86. The van der Waals surface area contributed by atoms with Gasteiger partial charge in [0.1, 0.15) is 5.60 Å². The summed E-state index contributed by atoms with van der Waals surface area (Å²) >= 11 is 0. The zero-order chi connectivity index (χ0) is 17.7. The van der Waals surface area contributed by atoms with Gasteiger partial charge >= 0.3 is 6.09 Å². The van der Waals surface area contributed by atoms with Gasteiger partial charge in [0.15, 0.2) is 0 Å². The molecule has 134 valence electrons. The van der Waals surface area contributed by atoms with Crippen LogP contribution in [0.2, 0.25) is 0 Å². The van der Waals surface area contributed by atoms with E-state index in [1.165, 1.54) is 0 Å². The molecule has 5 nitrogen and oxygen atoms in total. The maximum Gasteiger partial charge on any atom is 0.410 e. The van der Waals surface area contributed by atoms with Crippen LogP contribution in [0.1, 0.15) is 58.7 Å². The number of hydrogen-bond acceptors (Lipinski definition) is 4. The smallest absolute Gasteiger partial charge is 0.410 e. The van der Waals surface area contributed by atoms with Crippen molar-refractivity contribution in [2.75, 3.05) is 20.1 Å². The molecule has 1 amide bonds. The van der Waals surface area contributed by atoms with E-state index in [1.54, 1.807) is 0 Å². The van der Waals surface area contributed by atoms with Crippen LogP contribution in [0.5, 0.6) is 0 Å².